The van der Waals surface area contributed by atoms with Gasteiger partial charge in [0.05, 0.1) is 5.54 Å². The molecule has 1 fully saturated rings. The van der Waals surface area contributed by atoms with Crippen LogP contribution in [0.4, 0.5) is 0 Å². The minimum Gasteiger partial charge on any atom is -0.345 e. The lowest BCUT2D eigenvalue weighted by Crippen LogP contribution is -2.55. The molecule has 0 bridgehead atoms. The van der Waals surface area contributed by atoms with Crippen molar-refractivity contribution in [1.82, 2.24) is 10.3 Å². The van der Waals surface area contributed by atoms with Gasteiger partial charge in [0.15, 0.2) is 0 Å². The van der Waals surface area contributed by atoms with Crippen LogP contribution in [-0.4, -0.2) is 22.3 Å². The Kier molecular flexibility index (Phi) is 2.91. The molecular weight excluding hydrogens is 212 g/mol. The number of halogens is 1. The molecule has 2 rings (SSSR count). The molecule has 1 aliphatic carbocycles. The SMILES string of the molecule is O=C(NC1(CCl)CCC1)c1ccncc1. The molecule has 1 aliphatic rings. The second-order valence-corrected chi connectivity index (χ2v) is 4.22. The molecule has 1 aromatic rings. The fourth-order valence-corrected chi connectivity index (χ4v) is 2.05. The molecule has 0 atom stereocenters. The Balaban J connectivity index is 2.04. The van der Waals surface area contributed by atoms with Crippen LogP contribution >= 0.6 is 11.6 Å². The zero-order valence-electron chi connectivity index (χ0n) is 8.37. The Bertz CT molecular complexity index is 343. The molecule has 1 saturated carbocycles. The second kappa shape index (κ2) is 4.19. The first-order valence-electron chi connectivity index (χ1n) is 5.04. The van der Waals surface area contributed by atoms with E-state index in [1.165, 1.54) is 0 Å². The van der Waals surface area contributed by atoms with Crippen LogP contribution in [0.1, 0.15) is 29.6 Å². The molecule has 15 heavy (non-hydrogen) atoms. The van der Waals surface area contributed by atoms with E-state index in [0.717, 1.165) is 19.3 Å². The van der Waals surface area contributed by atoms with Gasteiger partial charge in [-0.1, -0.05) is 0 Å². The summed E-state index contributed by atoms with van der Waals surface area (Å²) in [6, 6.07) is 3.41. The molecule has 0 spiro atoms. The van der Waals surface area contributed by atoms with E-state index in [1.807, 2.05) is 0 Å². The first-order chi connectivity index (χ1) is 7.26. The van der Waals surface area contributed by atoms with Crippen LogP contribution in [0, 0.1) is 0 Å². The summed E-state index contributed by atoms with van der Waals surface area (Å²) in [5.74, 6) is 0.432. The zero-order valence-corrected chi connectivity index (χ0v) is 9.13. The maximum absolute atomic E-state index is 11.8. The van der Waals surface area contributed by atoms with E-state index in [1.54, 1.807) is 24.5 Å². The quantitative estimate of drug-likeness (QED) is 0.798. The fraction of sp³-hybridized carbons (Fsp3) is 0.455. The van der Waals surface area contributed by atoms with E-state index < -0.39 is 0 Å². The highest BCUT2D eigenvalue weighted by molar-refractivity contribution is 6.19. The van der Waals surface area contributed by atoms with Crippen molar-refractivity contribution in [2.45, 2.75) is 24.8 Å². The highest BCUT2D eigenvalue weighted by Crippen LogP contribution is 2.33. The second-order valence-electron chi connectivity index (χ2n) is 3.96. The van der Waals surface area contributed by atoms with Crippen LogP contribution in [0.5, 0.6) is 0 Å². The van der Waals surface area contributed by atoms with Crippen LogP contribution in [0.25, 0.3) is 0 Å². The summed E-state index contributed by atoms with van der Waals surface area (Å²) in [6.07, 6.45) is 6.33. The molecular formula is C11H13ClN2O. The number of pyridine rings is 1. The number of nitrogens with zero attached hydrogens (tertiary/aromatic N) is 1. The van der Waals surface area contributed by atoms with Gasteiger partial charge in [-0.2, -0.15) is 0 Å². The minimum atomic E-state index is -0.165. The van der Waals surface area contributed by atoms with Crippen molar-refractivity contribution in [2.24, 2.45) is 0 Å². The van der Waals surface area contributed by atoms with Crippen molar-refractivity contribution in [2.75, 3.05) is 5.88 Å². The van der Waals surface area contributed by atoms with Gasteiger partial charge in [0.1, 0.15) is 0 Å². The Hall–Kier alpha value is -1.09. The summed E-state index contributed by atoms with van der Waals surface area (Å²) in [7, 11) is 0. The Morgan fingerprint density at radius 2 is 2.13 bits per heavy atom. The number of alkyl halides is 1. The van der Waals surface area contributed by atoms with Crippen molar-refractivity contribution >= 4 is 17.5 Å². The largest absolute Gasteiger partial charge is 0.345 e. The summed E-state index contributed by atoms with van der Waals surface area (Å²) in [5, 5.41) is 3.00. The van der Waals surface area contributed by atoms with Gasteiger partial charge in [-0.05, 0) is 31.4 Å². The predicted molar refractivity (Wildman–Crippen MR) is 59.0 cm³/mol. The molecule has 3 nitrogen and oxygen atoms in total. The van der Waals surface area contributed by atoms with Crippen LogP contribution < -0.4 is 5.32 Å². The molecule has 0 unspecified atom stereocenters. The number of hydrogen-bond acceptors (Lipinski definition) is 2. The van der Waals surface area contributed by atoms with Gasteiger partial charge in [-0.15, -0.1) is 11.6 Å². The standard InChI is InChI=1S/C11H13ClN2O/c12-8-11(4-1-5-11)14-10(15)9-2-6-13-7-3-9/h2-3,6-7H,1,4-5,8H2,(H,14,15). The summed E-state index contributed by atoms with van der Waals surface area (Å²) >= 11 is 5.86. The van der Waals surface area contributed by atoms with Gasteiger partial charge in [0, 0.05) is 23.8 Å². The van der Waals surface area contributed by atoms with Crippen LogP contribution in [0.2, 0.25) is 0 Å². The lowest BCUT2D eigenvalue weighted by Gasteiger charge is -2.40. The number of rotatable bonds is 3. The van der Waals surface area contributed by atoms with Gasteiger partial charge in [-0.3, -0.25) is 9.78 Å². The first kappa shape index (κ1) is 10.4. The molecule has 1 N–H and O–H groups in total. The van der Waals surface area contributed by atoms with Crippen LogP contribution in [-0.2, 0) is 0 Å². The monoisotopic (exact) mass is 224 g/mol. The maximum Gasteiger partial charge on any atom is 0.251 e. The number of nitrogens with one attached hydrogen (secondary N) is 1. The lowest BCUT2D eigenvalue weighted by molar-refractivity contribution is 0.0853. The highest BCUT2D eigenvalue weighted by atomic mass is 35.5. The fourth-order valence-electron chi connectivity index (χ4n) is 1.71. The van der Waals surface area contributed by atoms with E-state index in [0.29, 0.717) is 11.4 Å². The van der Waals surface area contributed by atoms with E-state index in [9.17, 15) is 4.79 Å². The Morgan fingerprint density at radius 3 is 2.60 bits per heavy atom. The first-order valence-corrected chi connectivity index (χ1v) is 5.58. The average molecular weight is 225 g/mol. The summed E-state index contributed by atoms with van der Waals surface area (Å²) < 4.78 is 0. The van der Waals surface area contributed by atoms with Gasteiger partial charge in [0.2, 0.25) is 0 Å². The number of carbonyl (C=O) groups is 1. The minimum absolute atomic E-state index is 0.0576. The molecule has 0 radical (unpaired) electrons. The summed E-state index contributed by atoms with van der Waals surface area (Å²) in [4.78, 5) is 15.7. The van der Waals surface area contributed by atoms with Gasteiger partial charge >= 0.3 is 0 Å². The molecule has 4 heteroatoms. The molecule has 1 amide bonds. The van der Waals surface area contributed by atoms with Crippen molar-refractivity contribution in [3.8, 4) is 0 Å². The zero-order chi connectivity index (χ0) is 10.7. The topological polar surface area (TPSA) is 42.0 Å². The third-order valence-electron chi connectivity index (χ3n) is 2.89. The average Bonchev–Trinajstić information content (AvgIpc) is 2.24. The molecule has 0 aliphatic heterocycles. The van der Waals surface area contributed by atoms with Crippen molar-refractivity contribution in [3.05, 3.63) is 30.1 Å². The van der Waals surface area contributed by atoms with E-state index in [-0.39, 0.29) is 11.4 Å². The van der Waals surface area contributed by atoms with E-state index >= 15 is 0 Å². The third-order valence-corrected chi connectivity index (χ3v) is 3.40. The molecule has 0 aromatic carbocycles. The summed E-state index contributed by atoms with van der Waals surface area (Å²) in [5.41, 5.74) is 0.475. The lowest BCUT2D eigenvalue weighted by atomic mass is 9.78. The molecule has 1 aromatic heterocycles. The Labute approximate surface area is 93.8 Å². The van der Waals surface area contributed by atoms with Crippen LogP contribution in [0.3, 0.4) is 0 Å². The van der Waals surface area contributed by atoms with Crippen molar-refractivity contribution < 1.29 is 4.79 Å². The molecule has 0 saturated heterocycles. The number of aromatic nitrogens is 1. The van der Waals surface area contributed by atoms with Crippen LogP contribution in [0.15, 0.2) is 24.5 Å². The van der Waals surface area contributed by atoms with E-state index in [2.05, 4.69) is 10.3 Å². The Morgan fingerprint density at radius 1 is 1.47 bits per heavy atom. The molecule has 1 heterocycles. The highest BCUT2D eigenvalue weighted by Gasteiger charge is 2.37. The normalized spacial score (nSPS) is 17.9. The summed E-state index contributed by atoms with van der Waals surface area (Å²) in [6.45, 7) is 0. The maximum atomic E-state index is 11.8. The third kappa shape index (κ3) is 2.12. The van der Waals surface area contributed by atoms with Gasteiger partial charge in [-0.25, -0.2) is 0 Å². The predicted octanol–water partition coefficient (Wildman–Crippen LogP) is 1.97. The van der Waals surface area contributed by atoms with Gasteiger partial charge < -0.3 is 5.32 Å². The smallest absolute Gasteiger partial charge is 0.251 e. The van der Waals surface area contributed by atoms with Crippen molar-refractivity contribution in [3.63, 3.8) is 0 Å². The van der Waals surface area contributed by atoms with Crippen molar-refractivity contribution in [1.29, 1.82) is 0 Å². The number of amides is 1. The molecule has 80 valence electrons. The van der Waals surface area contributed by atoms with Gasteiger partial charge in [0.25, 0.3) is 5.91 Å². The number of hydrogen-bond donors (Lipinski definition) is 1. The number of carbonyl (C=O) groups excluding carboxylic acids is 1. The van der Waals surface area contributed by atoms with E-state index in [4.69, 9.17) is 11.6 Å².